The van der Waals surface area contributed by atoms with Gasteiger partial charge in [0.1, 0.15) is 5.69 Å². The van der Waals surface area contributed by atoms with Crippen LogP contribution < -0.4 is 30.2 Å². The van der Waals surface area contributed by atoms with Gasteiger partial charge in [0.25, 0.3) is 15.8 Å². The first kappa shape index (κ1) is 29.6. The smallest absolute Gasteiger partial charge is 0.274 e. The number of anilines is 1. The van der Waals surface area contributed by atoms with Crippen LogP contribution in [-0.4, -0.2) is 49.6 Å². The number of methoxy groups -OCH3 is 2. The summed E-state index contributed by atoms with van der Waals surface area (Å²) in [5.41, 5.74) is 2.79. The summed E-state index contributed by atoms with van der Waals surface area (Å²) in [6, 6.07) is 7.61. The van der Waals surface area contributed by atoms with Crippen LogP contribution in [0.5, 0.6) is 11.5 Å². The van der Waals surface area contributed by atoms with Gasteiger partial charge >= 0.3 is 0 Å². The van der Waals surface area contributed by atoms with Crippen LogP contribution >= 0.6 is 0 Å². The van der Waals surface area contributed by atoms with Crippen molar-refractivity contribution in [2.75, 3.05) is 26.1 Å². The summed E-state index contributed by atoms with van der Waals surface area (Å²) < 4.78 is 40.6. The van der Waals surface area contributed by atoms with Gasteiger partial charge in [0.15, 0.2) is 11.5 Å². The van der Waals surface area contributed by atoms with Crippen LogP contribution in [-0.2, 0) is 29.2 Å². The minimum atomic E-state index is -3.88. The van der Waals surface area contributed by atoms with Crippen LogP contribution in [0.1, 0.15) is 45.1 Å². The van der Waals surface area contributed by atoms with Crippen molar-refractivity contribution in [1.82, 2.24) is 19.1 Å². The molecule has 0 saturated heterocycles. The third kappa shape index (κ3) is 6.86. The number of nitrogens with zero attached hydrogens (tertiary/aromatic N) is 3. The van der Waals surface area contributed by atoms with Gasteiger partial charge in [-0.25, -0.2) is 9.86 Å². The number of hydrogen-bond acceptors (Lipinski definition) is 7. The zero-order valence-corrected chi connectivity index (χ0v) is 24.6. The molecule has 0 spiro atoms. The molecular formula is C28H40N6O5S. The van der Waals surface area contributed by atoms with E-state index in [2.05, 4.69) is 29.0 Å². The summed E-state index contributed by atoms with van der Waals surface area (Å²) in [7, 11) is 1.13. The Labute approximate surface area is 235 Å². The SMILES string of the molecule is COc1ccc(C2(CNS(N)(=O)=O)CCC(Nc3cc(-c4cnn(C)c4)cn(CC(C)C)c3=O)CC2)cc1OC. The molecule has 2 heterocycles. The number of hydrogen-bond donors (Lipinski definition) is 3. The van der Waals surface area contributed by atoms with Gasteiger partial charge in [0, 0.05) is 55.1 Å². The lowest BCUT2D eigenvalue weighted by Crippen LogP contribution is -2.47. The van der Waals surface area contributed by atoms with Gasteiger partial charge in [-0.1, -0.05) is 19.9 Å². The molecule has 1 saturated carbocycles. The zero-order chi connectivity index (χ0) is 29.1. The Morgan fingerprint density at radius 2 is 1.80 bits per heavy atom. The number of ether oxygens (including phenoxy) is 2. The van der Waals surface area contributed by atoms with Crippen molar-refractivity contribution in [3.05, 3.63) is 58.8 Å². The second-order valence-corrected chi connectivity index (χ2v) is 12.4. The number of aromatic nitrogens is 3. The lowest BCUT2D eigenvalue weighted by Gasteiger charge is -2.41. The first-order valence-electron chi connectivity index (χ1n) is 13.4. The van der Waals surface area contributed by atoms with Crippen LogP contribution in [0.4, 0.5) is 5.69 Å². The molecule has 0 radical (unpaired) electrons. The molecule has 12 heteroatoms. The molecule has 1 aliphatic rings. The van der Waals surface area contributed by atoms with Gasteiger partial charge < -0.3 is 19.4 Å². The molecule has 0 unspecified atom stereocenters. The number of nitrogens with two attached hydrogens (primary N) is 1. The Hall–Kier alpha value is -3.35. The Balaban J connectivity index is 1.61. The predicted molar refractivity (Wildman–Crippen MR) is 156 cm³/mol. The van der Waals surface area contributed by atoms with E-state index in [-0.39, 0.29) is 18.1 Å². The quantitative estimate of drug-likeness (QED) is 0.321. The van der Waals surface area contributed by atoms with Crippen LogP contribution in [0.2, 0.25) is 0 Å². The molecule has 3 aromatic rings. The zero-order valence-electron chi connectivity index (χ0n) is 23.8. The number of pyridine rings is 1. The first-order valence-corrected chi connectivity index (χ1v) is 15.0. The summed E-state index contributed by atoms with van der Waals surface area (Å²) >= 11 is 0. The van der Waals surface area contributed by atoms with Crippen molar-refractivity contribution in [2.45, 2.75) is 57.5 Å². The molecular weight excluding hydrogens is 532 g/mol. The second-order valence-electron chi connectivity index (χ2n) is 11.0. The topological polar surface area (TPSA) is 142 Å². The molecule has 4 N–H and O–H groups in total. The van der Waals surface area contributed by atoms with Crippen molar-refractivity contribution < 1.29 is 17.9 Å². The summed E-state index contributed by atoms with van der Waals surface area (Å²) in [5.74, 6) is 1.48. The van der Waals surface area contributed by atoms with E-state index < -0.39 is 15.6 Å². The predicted octanol–water partition coefficient (Wildman–Crippen LogP) is 3.01. The molecule has 0 amide bonds. The van der Waals surface area contributed by atoms with Crippen LogP contribution in [0.25, 0.3) is 11.1 Å². The van der Waals surface area contributed by atoms with Crippen molar-refractivity contribution in [3.8, 4) is 22.6 Å². The third-order valence-corrected chi connectivity index (χ3v) is 8.14. The van der Waals surface area contributed by atoms with Gasteiger partial charge in [0.05, 0.1) is 20.4 Å². The first-order chi connectivity index (χ1) is 18.9. The molecule has 4 rings (SSSR count). The lowest BCUT2D eigenvalue weighted by molar-refractivity contribution is 0.276. The van der Waals surface area contributed by atoms with Crippen molar-refractivity contribution in [1.29, 1.82) is 0 Å². The highest BCUT2D eigenvalue weighted by atomic mass is 32.2. The molecule has 1 aliphatic carbocycles. The van der Waals surface area contributed by atoms with Crippen molar-refractivity contribution in [2.24, 2.45) is 18.1 Å². The summed E-state index contributed by atoms with van der Waals surface area (Å²) in [4.78, 5) is 13.4. The third-order valence-electron chi connectivity index (χ3n) is 7.60. The van der Waals surface area contributed by atoms with Crippen LogP contribution in [0, 0.1) is 5.92 Å². The van der Waals surface area contributed by atoms with Gasteiger partial charge in [0.2, 0.25) is 0 Å². The van der Waals surface area contributed by atoms with Gasteiger partial charge in [-0.15, -0.1) is 0 Å². The highest BCUT2D eigenvalue weighted by molar-refractivity contribution is 7.87. The number of aryl methyl sites for hydroxylation is 1. The summed E-state index contributed by atoms with van der Waals surface area (Å²) in [6.07, 6.45) is 8.41. The molecule has 0 bridgehead atoms. The lowest BCUT2D eigenvalue weighted by atomic mass is 9.68. The van der Waals surface area contributed by atoms with E-state index in [9.17, 15) is 13.2 Å². The molecule has 1 aromatic carbocycles. The highest BCUT2D eigenvalue weighted by Gasteiger charge is 2.38. The largest absolute Gasteiger partial charge is 0.493 e. The maximum Gasteiger partial charge on any atom is 0.274 e. The maximum absolute atomic E-state index is 13.4. The Morgan fingerprint density at radius 3 is 2.38 bits per heavy atom. The molecule has 0 atom stereocenters. The minimum absolute atomic E-state index is 0.0344. The fourth-order valence-corrected chi connectivity index (χ4v) is 5.98. The molecule has 1 fully saturated rings. The van der Waals surface area contributed by atoms with E-state index >= 15 is 0 Å². The van der Waals surface area contributed by atoms with Crippen LogP contribution in [0.3, 0.4) is 0 Å². The Morgan fingerprint density at radius 1 is 1.10 bits per heavy atom. The van der Waals surface area contributed by atoms with Gasteiger partial charge in [-0.05, 0) is 55.4 Å². The van der Waals surface area contributed by atoms with E-state index in [1.807, 2.05) is 43.7 Å². The maximum atomic E-state index is 13.4. The van der Waals surface area contributed by atoms with E-state index in [1.165, 1.54) is 0 Å². The van der Waals surface area contributed by atoms with Gasteiger partial charge in [-0.3, -0.25) is 9.48 Å². The fraction of sp³-hybridized carbons (Fsp3) is 0.500. The summed E-state index contributed by atoms with van der Waals surface area (Å²) in [6.45, 7) is 4.93. The molecule has 40 heavy (non-hydrogen) atoms. The average molecular weight is 573 g/mol. The normalized spacial score (nSPS) is 19.5. The monoisotopic (exact) mass is 572 g/mol. The highest BCUT2D eigenvalue weighted by Crippen LogP contribution is 2.42. The van der Waals surface area contributed by atoms with E-state index in [1.54, 1.807) is 29.7 Å². The van der Waals surface area contributed by atoms with Gasteiger partial charge in [-0.2, -0.15) is 13.5 Å². The molecule has 0 aliphatic heterocycles. The van der Waals surface area contributed by atoms with E-state index in [0.29, 0.717) is 42.5 Å². The molecule has 11 nitrogen and oxygen atoms in total. The fourth-order valence-electron chi connectivity index (χ4n) is 5.50. The van der Waals surface area contributed by atoms with Crippen molar-refractivity contribution in [3.63, 3.8) is 0 Å². The standard InChI is InChI=1S/C28H40N6O5S/c1-19(2)15-34-17-20(21-14-30-33(3)16-21)12-24(27(34)35)32-23-8-10-28(11-9-23,18-31-40(29,36)37)22-6-7-25(38-4)26(13-22)39-5/h6-7,12-14,16-17,19,23,31-32H,8-11,15,18H2,1-5H3,(H2,29,36,37). The number of nitrogens with one attached hydrogen (secondary N) is 2. The number of rotatable bonds is 11. The Kier molecular flexibility index (Phi) is 8.91. The second kappa shape index (κ2) is 12.0. The van der Waals surface area contributed by atoms with E-state index in [4.69, 9.17) is 14.6 Å². The van der Waals surface area contributed by atoms with Crippen molar-refractivity contribution >= 4 is 15.9 Å². The minimum Gasteiger partial charge on any atom is -0.493 e. The van der Waals surface area contributed by atoms with E-state index in [0.717, 1.165) is 29.5 Å². The molecule has 218 valence electrons. The number of benzene rings is 1. The Bertz CT molecular complexity index is 1490. The average Bonchev–Trinajstić information content (AvgIpc) is 3.35. The van der Waals surface area contributed by atoms with Crippen LogP contribution in [0.15, 0.2) is 47.7 Å². The summed E-state index contributed by atoms with van der Waals surface area (Å²) in [5, 5.41) is 13.1. The molecule has 2 aromatic heterocycles.